The van der Waals surface area contributed by atoms with Crippen molar-refractivity contribution in [3.05, 3.63) is 73.7 Å². The first-order chi connectivity index (χ1) is 17.7. The Kier molecular flexibility index (Phi) is 8.24. The second-order valence-electron chi connectivity index (χ2n) is 8.57. The average molecular weight is 549 g/mol. The van der Waals surface area contributed by atoms with Gasteiger partial charge in [0.15, 0.2) is 0 Å². The Morgan fingerprint density at radius 2 is 1.81 bits per heavy atom. The summed E-state index contributed by atoms with van der Waals surface area (Å²) >= 11 is 12.1. The maximum absolute atomic E-state index is 15.3. The summed E-state index contributed by atoms with van der Waals surface area (Å²) in [6, 6.07) is 7.74. The summed E-state index contributed by atoms with van der Waals surface area (Å²) in [5.74, 6) is -1.15. The van der Waals surface area contributed by atoms with E-state index in [1.807, 2.05) is 11.8 Å². The lowest BCUT2D eigenvalue weighted by Gasteiger charge is -2.35. The van der Waals surface area contributed by atoms with E-state index < -0.39 is 17.2 Å². The number of nitrogens with one attached hydrogen (secondary N) is 1. The molecule has 3 aromatic rings. The molecule has 0 bridgehead atoms. The standard InChI is InChI=1S/C26H27Cl2FN4O4/c1-3-31-15-19(25(35)30-14-16-5-6-17(27)11-20(16)28)24(34)18-12-21(29)23(13-22(18)31)32-7-9-33(10-8-32)26(36)37-4-2/h5-6,11-13,15H,3-4,7-10,14H2,1-2H3,(H,30,35). The highest BCUT2D eigenvalue weighted by Gasteiger charge is 2.25. The zero-order valence-electron chi connectivity index (χ0n) is 20.5. The minimum absolute atomic E-state index is 0.0883. The number of anilines is 1. The monoisotopic (exact) mass is 548 g/mol. The second kappa shape index (κ2) is 11.4. The van der Waals surface area contributed by atoms with Crippen molar-refractivity contribution in [1.82, 2.24) is 14.8 Å². The number of piperazine rings is 1. The highest BCUT2D eigenvalue weighted by atomic mass is 35.5. The van der Waals surface area contributed by atoms with Crippen LogP contribution in [0.25, 0.3) is 10.9 Å². The summed E-state index contributed by atoms with van der Waals surface area (Å²) in [4.78, 5) is 41.5. The molecule has 1 aromatic heterocycles. The molecule has 2 aromatic carbocycles. The van der Waals surface area contributed by atoms with Crippen molar-refractivity contribution in [2.45, 2.75) is 26.9 Å². The number of benzene rings is 2. The van der Waals surface area contributed by atoms with Crippen molar-refractivity contribution in [2.24, 2.45) is 0 Å². The summed E-state index contributed by atoms with van der Waals surface area (Å²) in [6.07, 6.45) is 1.11. The molecular weight excluding hydrogens is 522 g/mol. The quantitative estimate of drug-likeness (QED) is 0.483. The minimum Gasteiger partial charge on any atom is -0.450 e. The van der Waals surface area contributed by atoms with Crippen LogP contribution in [0.5, 0.6) is 0 Å². The number of amides is 2. The van der Waals surface area contributed by atoms with Crippen molar-refractivity contribution in [3.63, 3.8) is 0 Å². The van der Waals surface area contributed by atoms with E-state index in [1.54, 1.807) is 40.7 Å². The molecule has 8 nitrogen and oxygen atoms in total. The highest BCUT2D eigenvalue weighted by Crippen LogP contribution is 2.27. The van der Waals surface area contributed by atoms with Gasteiger partial charge in [-0.3, -0.25) is 9.59 Å². The van der Waals surface area contributed by atoms with Gasteiger partial charge < -0.3 is 24.4 Å². The molecule has 196 valence electrons. The van der Waals surface area contributed by atoms with Gasteiger partial charge in [0.05, 0.1) is 17.8 Å². The van der Waals surface area contributed by atoms with Crippen LogP contribution < -0.4 is 15.6 Å². The predicted octanol–water partition coefficient (Wildman–Crippen LogP) is 4.68. The van der Waals surface area contributed by atoms with Crippen LogP contribution in [-0.4, -0.2) is 54.3 Å². The molecule has 2 heterocycles. The number of fused-ring (bicyclic) bond motifs is 1. The number of carbonyl (C=O) groups is 2. The number of aromatic nitrogens is 1. The summed E-state index contributed by atoms with van der Waals surface area (Å²) in [5, 5.41) is 3.70. The van der Waals surface area contributed by atoms with Crippen molar-refractivity contribution >= 4 is 51.8 Å². The smallest absolute Gasteiger partial charge is 0.409 e. The number of aryl methyl sites for hydroxylation is 1. The lowest BCUT2D eigenvalue weighted by atomic mass is 10.1. The fourth-order valence-corrected chi connectivity index (χ4v) is 4.82. The number of rotatable bonds is 6. The molecule has 0 unspecified atom stereocenters. The van der Waals surface area contributed by atoms with Gasteiger partial charge in [-0.1, -0.05) is 29.3 Å². The van der Waals surface area contributed by atoms with Crippen LogP contribution in [0.1, 0.15) is 29.8 Å². The van der Waals surface area contributed by atoms with Gasteiger partial charge in [0.1, 0.15) is 11.4 Å². The molecule has 4 rings (SSSR count). The lowest BCUT2D eigenvalue weighted by Crippen LogP contribution is -2.49. The van der Waals surface area contributed by atoms with Crippen LogP contribution >= 0.6 is 23.2 Å². The minimum atomic E-state index is -0.584. The average Bonchev–Trinajstić information content (AvgIpc) is 2.88. The first-order valence-electron chi connectivity index (χ1n) is 12.0. The molecule has 0 radical (unpaired) electrons. The molecule has 1 saturated heterocycles. The van der Waals surface area contributed by atoms with Gasteiger partial charge in [-0.2, -0.15) is 0 Å². The van der Waals surface area contributed by atoms with Crippen molar-refractivity contribution in [1.29, 1.82) is 0 Å². The molecule has 0 aliphatic carbocycles. The maximum atomic E-state index is 15.3. The van der Waals surface area contributed by atoms with E-state index >= 15 is 4.39 Å². The molecule has 0 saturated carbocycles. The fraction of sp³-hybridized carbons (Fsp3) is 0.346. The Bertz CT molecular complexity index is 1400. The largest absolute Gasteiger partial charge is 0.450 e. The van der Waals surface area contributed by atoms with E-state index in [-0.39, 0.29) is 23.6 Å². The number of hydrogen-bond acceptors (Lipinski definition) is 5. The van der Waals surface area contributed by atoms with E-state index in [0.717, 1.165) is 0 Å². The van der Waals surface area contributed by atoms with Gasteiger partial charge >= 0.3 is 6.09 Å². The highest BCUT2D eigenvalue weighted by molar-refractivity contribution is 6.35. The SMILES string of the molecule is CCOC(=O)N1CCN(c2cc3c(cc2F)c(=O)c(C(=O)NCc2ccc(Cl)cc2Cl)cn3CC)CC1. The number of nitrogens with zero attached hydrogens (tertiary/aromatic N) is 3. The summed E-state index contributed by atoms with van der Waals surface area (Å²) in [7, 11) is 0. The van der Waals surface area contributed by atoms with Gasteiger partial charge in [-0.15, -0.1) is 0 Å². The second-order valence-corrected chi connectivity index (χ2v) is 9.41. The van der Waals surface area contributed by atoms with Crippen LogP contribution in [0, 0.1) is 5.82 Å². The van der Waals surface area contributed by atoms with E-state index in [4.69, 9.17) is 27.9 Å². The molecule has 0 atom stereocenters. The van der Waals surface area contributed by atoms with Crippen LogP contribution in [-0.2, 0) is 17.8 Å². The zero-order valence-corrected chi connectivity index (χ0v) is 22.0. The Labute approximate surface area is 223 Å². The Balaban J connectivity index is 1.59. The third-order valence-corrected chi connectivity index (χ3v) is 6.92. The van der Waals surface area contributed by atoms with Crippen molar-refractivity contribution in [2.75, 3.05) is 37.7 Å². The topological polar surface area (TPSA) is 83.9 Å². The van der Waals surface area contributed by atoms with Crippen molar-refractivity contribution < 1.29 is 18.7 Å². The van der Waals surface area contributed by atoms with Crippen LogP contribution in [0.15, 0.2) is 41.3 Å². The third-order valence-electron chi connectivity index (χ3n) is 6.33. The molecule has 37 heavy (non-hydrogen) atoms. The number of halogens is 3. The van der Waals surface area contributed by atoms with E-state index in [9.17, 15) is 14.4 Å². The normalized spacial score (nSPS) is 13.6. The van der Waals surface area contributed by atoms with Gasteiger partial charge in [-0.25, -0.2) is 9.18 Å². The Morgan fingerprint density at radius 3 is 2.46 bits per heavy atom. The maximum Gasteiger partial charge on any atom is 0.409 e. The van der Waals surface area contributed by atoms with Crippen molar-refractivity contribution in [3.8, 4) is 0 Å². The third kappa shape index (κ3) is 5.67. The first-order valence-corrected chi connectivity index (χ1v) is 12.7. The van der Waals surface area contributed by atoms with Crippen LogP contribution in [0.4, 0.5) is 14.9 Å². The predicted molar refractivity (Wildman–Crippen MR) is 142 cm³/mol. The molecule has 2 amide bonds. The van der Waals surface area contributed by atoms with Gasteiger partial charge in [0, 0.05) is 60.9 Å². The molecule has 1 aliphatic rings. The van der Waals surface area contributed by atoms with E-state index in [0.29, 0.717) is 66.1 Å². The molecule has 0 spiro atoms. The number of carbonyl (C=O) groups excluding carboxylic acids is 2. The summed E-state index contributed by atoms with van der Waals surface area (Å²) < 4.78 is 22.0. The fourth-order valence-electron chi connectivity index (χ4n) is 4.35. The first kappa shape index (κ1) is 26.8. The Hall–Kier alpha value is -3.30. The van der Waals surface area contributed by atoms with Gasteiger partial charge in [-0.05, 0) is 43.7 Å². The van der Waals surface area contributed by atoms with Gasteiger partial charge in [0.2, 0.25) is 5.43 Å². The van der Waals surface area contributed by atoms with Crippen LogP contribution in [0.3, 0.4) is 0 Å². The summed E-state index contributed by atoms with van der Waals surface area (Å²) in [6.45, 7) is 6.11. The lowest BCUT2D eigenvalue weighted by molar-refractivity contribution is 0.0948. The number of hydrogen-bond donors (Lipinski definition) is 1. The molecule has 1 fully saturated rings. The molecule has 1 aliphatic heterocycles. The molecule has 1 N–H and O–H groups in total. The Morgan fingerprint density at radius 1 is 1.08 bits per heavy atom. The number of pyridine rings is 1. The zero-order chi connectivity index (χ0) is 26.7. The summed E-state index contributed by atoms with van der Waals surface area (Å²) in [5.41, 5.74) is 0.864. The molecule has 11 heteroatoms. The van der Waals surface area contributed by atoms with Crippen LogP contribution in [0.2, 0.25) is 10.0 Å². The number of ether oxygens (including phenoxy) is 1. The van der Waals surface area contributed by atoms with E-state index in [1.165, 1.54) is 12.3 Å². The van der Waals surface area contributed by atoms with E-state index in [2.05, 4.69) is 5.32 Å². The van der Waals surface area contributed by atoms with Gasteiger partial charge in [0.25, 0.3) is 5.91 Å². The molecular formula is C26H27Cl2FN4O4.